The van der Waals surface area contributed by atoms with Crippen LogP contribution in [0.15, 0.2) is 35.1 Å². The molecule has 1 heterocycles. The highest BCUT2D eigenvalue weighted by Crippen LogP contribution is 2.29. The molecule has 82 valence electrons. The second-order valence-electron chi connectivity index (χ2n) is 4.39. The quantitative estimate of drug-likeness (QED) is 0.749. The maximum Gasteiger partial charge on any atom is 0.267 e. The van der Waals surface area contributed by atoms with Crippen LogP contribution in [0.3, 0.4) is 0 Å². The molecule has 0 radical (unpaired) electrons. The van der Waals surface area contributed by atoms with E-state index in [0.29, 0.717) is 5.92 Å². The largest absolute Gasteiger partial charge is 0.302 e. The molecule has 2 N–H and O–H groups in total. The van der Waals surface area contributed by atoms with Crippen molar-refractivity contribution in [3.8, 4) is 0 Å². The minimum absolute atomic E-state index is 0.0515. The summed E-state index contributed by atoms with van der Waals surface area (Å²) in [5.41, 5.74) is 3.43. The van der Waals surface area contributed by atoms with Crippen LogP contribution in [0.5, 0.6) is 0 Å². The van der Waals surface area contributed by atoms with Crippen LogP contribution >= 0.6 is 0 Å². The fourth-order valence-electron chi connectivity index (χ4n) is 2.53. The Morgan fingerprint density at radius 3 is 2.75 bits per heavy atom. The molecule has 0 spiro atoms. The molecule has 0 saturated heterocycles. The number of aryl methyl sites for hydroxylation is 1. The molecule has 0 aliphatic heterocycles. The van der Waals surface area contributed by atoms with E-state index in [1.807, 2.05) is 6.07 Å². The topological polar surface area (TPSA) is 48.6 Å². The fourth-order valence-corrected chi connectivity index (χ4v) is 2.53. The van der Waals surface area contributed by atoms with E-state index in [4.69, 9.17) is 0 Å². The van der Waals surface area contributed by atoms with E-state index in [-0.39, 0.29) is 5.56 Å². The minimum Gasteiger partial charge on any atom is -0.302 e. The van der Waals surface area contributed by atoms with Crippen LogP contribution in [0, 0.1) is 0 Å². The highest BCUT2D eigenvalue weighted by molar-refractivity contribution is 5.28. The Bertz CT molecular complexity index is 539. The summed E-state index contributed by atoms with van der Waals surface area (Å²) in [7, 11) is 0. The molecule has 0 bridgehead atoms. The monoisotopic (exact) mass is 214 g/mol. The van der Waals surface area contributed by atoms with Crippen molar-refractivity contribution in [2.45, 2.75) is 25.2 Å². The first-order valence-corrected chi connectivity index (χ1v) is 5.68. The molecular formula is C13H14N2O. The molecule has 2 aromatic rings. The molecule has 0 saturated carbocycles. The lowest BCUT2D eigenvalue weighted by Crippen LogP contribution is -2.17. The summed E-state index contributed by atoms with van der Waals surface area (Å²) in [6.45, 7) is 0. The van der Waals surface area contributed by atoms with Crippen LogP contribution in [0.25, 0.3) is 0 Å². The standard InChI is InChI=1S/C13H14N2O/c16-13-11-8-10(6-7-12(11)14-15-13)9-4-2-1-3-5-9/h1-5,10H,6-8H2,(H2,14,15,16)/t10-/m0/s1. The molecule has 3 rings (SSSR count). The summed E-state index contributed by atoms with van der Waals surface area (Å²) < 4.78 is 0. The summed E-state index contributed by atoms with van der Waals surface area (Å²) in [5, 5.41) is 5.63. The van der Waals surface area contributed by atoms with Crippen LogP contribution in [0.1, 0.15) is 29.2 Å². The van der Waals surface area contributed by atoms with Crippen LogP contribution in [0.4, 0.5) is 0 Å². The Morgan fingerprint density at radius 1 is 1.12 bits per heavy atom. The minimum atomic E-state index is 0.0515. The molecule has 1 atom stereocenters. The average Bonchev–Trinajstić information content (AvgIpc) is 2.72. The van der Waals surface area contributed by atoms with Gasteiger partial charge in [-0.3, -0.25) is 9.89 Å². The number of rotatable bonds is 1. The number of benzene rings is 1. The SMILES string of the molecule is O=c1[nH][nH]c2c1C[C@@H](c1ccccc1)CC2. The van der Waals surface area contributed by atoms with Crippen molar-refractivity contribution in [3.63, 3.8) is 0 Å². The highest BCUT2D eigenvalue weighted by atomic mass is 16.1. The number of aromatic amines is 2. The van der Waals surface area contributed by atoms with Crippen LogP contribution in [-0.2, 0) is 12.8 Å². The molecular weight excluding hydrogens is 200 g/mol. The lowest BCUT2D eigenvalue weighted by atomic mass is 9.83. The van der Waals surface area contributed by atoms with Crippen molar-refractivity contribution in [3.05, 3.63) is 57.5 Å². The van der Waals surface area contributed by atoms with Crippen LogP contribution in [-0.4, -0.2) is 10.2 Å². The van der Waals surface area contributed by atoms with E-state index in [2.05, 4.69) is 34.5 Å². The molecule has 1 aromatic carbocycles. The van der Waals surface area contributed by atoms with Gasteiger partial charge < -0.3 is 5.10 Å². The maximum atomic E-state index is 11.6. The summed E-state index contributed by atoms with van der Waals surface area (Å²) in [5.74, 6) is 0.491. The lowest BCUT2D eigenvalue weighted by molar-refractivity contribution is 0.578. The number of hydrogen-bond acceptors (Lipinski definition) is 1. The van der Waals surface area contributed by atoms with E-state index < -0.39 is 0 Å². The highest BCUT2D eigenvalue weighted by Gasteiger charge is 2.23. The number of aromatic nitrogens is 2. The zero-order valence-electron chi connectivity index (χ0n) is 8.99. The van der Waals surface area contributed by atoms with Gasteiger partial charge >= 0.3 is 0 Å². The molecule has 0 fully saturated rings. The van der Waals surface area contributed by atoms with Gasteiger partial charge in [0.2, 0.25) is 0 Å². The first-order valence-electron chi connectivity index (χ1n) is 5.68. The first kappa shape index (κ1) is 9.46. The van der Waals surface area contributed by atoms with Crippen LogP contribution < -0.4 is 5.56 Å². The van der Waals surface area contributed by atoms with E-state index in [1.165, 1.54) is 5.56 Å². The second-order valence-corrected chi connectivity index (χ2v) is 4.39. The Labute approximate surface area is 93.5 Å². The van der Waals surface area contributed by atoms with E-state index in [9.17, 15) is 4.79 Å². The van der Waals surface area contributed by atoms with Gasteiger partial charge in [-0.15, -0.1) is 0 Å². The molecule has 3 nitrogen and oxygen atoms in total. The fraction of sp³-hybridized carbons (Fsp3) is 0.308. The average molecular weight is 214 g/mol. The number of nitrogens with one attached hydrogen (secondary N) is 2. The van der Waals surface area contributed by atoms with Gasteiger partial charge in [0.1, 0.15) is 0 Å². The number of H-pyrrole nitrogens is 2. The Hall–Kier alpha value is -1.77. The van der Waals surface area contributed by atoms with Crippen molar-refractivity contribution < 1.29 is 0 Å². The third-order valence-electron chi connectivity index (χ3n) is 3.43. The Balaban J connectivity index is 1.93. The summed E-state index contributed by atoms with van der Waals surface area (Å²) >= 11 is 0. The molecule has 1 aromatic heterocycles. The van der Waals surface area contributed by atoms with Crippen molar-refractivity contribution in [1.29, 1.82) is 0 Å². The molecule has 1 aliphatic rings. The summed E-state index contributed by atoms with van der Waals surface area (Å²) in [6.07, 6.45) is 2.94. The van der Waals surface area contributed by atoms with E-state index >= 15 is 0 Å². The van der Waals surface area contributed by atoms with Crippen molar-refractivity contribution in [2.75, 3.05) is 0 Å². The summed E-state index contributed by atoms with van der Waals surface area (Å²) in [4.78, 5) is 11.6. The van der Waals surface area contributed by atoms with Crippen molar-refractivity contribution in [2.24, 2.45) is 0 Å². The lowest BCUT2D eigenvalue weighted by Gasteiger charge is -2.21. The molecule has 1 aliphatic carbocycles. The molecule has 0 unspecified atom stereocenters. The van der Waals surface area contributed by atoms with E-state index in [1.54, 1.807) is 0 Å². The molecule has 3 heteroatoms. The van der Waals surface area contributed by atoms with Crippen molar-refractivity contribution in [1.82, 2.24) is 10.2 Å². The smallest absolute Gasteiger partial charge is 0.267 e. The van der Waals surface area contributed by atoms with Gasteiger partial charge in [0.15, 0.2) is 0 Å². The second kappa shape index (κ2) is 3.67. The van der Waals surface area contributed by atoms with Gasteiger partial charge in [0, 0.05) is 11.3 Å². The van der Waals surface area contributed by atoms with Gasteiger partial charge in [0.25, 0.3) is 5.56 Å². The third kappa shape index (κ3) is 1.48. The van der Waals surface area contributed by atoms with Gasteiger partial charge in [-0.05, 0) is 30.7 Å². The van der Waals surface area contributed by atoms with Gasteiger partial charge in [0.05, 0.1) is 0 Å². The maximum absolute atomic E-state index is 11.6. The Kier molecular flexibility index (Phi) is 2.17. The zero-order chi connectivity index (χ0) is 11.0. The van der Waals surface area contributed by atoms with Gasteiger partial charge in [-0.25, -0.2) is 0 Å². The predicted octanol–water partition coefficient (Wildman–Crippen LogP) is 1.98. The summed E-state index contributed by atoms with van der Waals surface area (Å²) in [6, 6.07) is 10.5. The Morgan fingerprint density at radius 2 is 1.94 bits per heavy atom. The number of hydrogen-bond donors (Lipinski definition) is 2. The van der Waals surface area contributed by atoms with Crippen LogP contribution in [0.2, 0.25) is 0 Å². The third-order valence-corrected chi connectivity index (χ3v) is 3.43. The van der Waals surface area contributed by atoms with Gasteiger partial charge in [-0.1, -0.05) is 30.3 Å². The zero-order valence-corrected chi connectivity index (χ0v) is 8.99. The van der Waals surface area contributed by atoms with Gasteiger partial charge in [-0.2, -0.15) is 0 Å². The van der Waals surface area contributed by atoms with E-state index in [0.717, 1.165) is 30.5 Å². The predicted molar refractivity (Wildman–Crippen MR) is 62.6 cm³/mol. The van der Waals surface area contributed by atoms with Crippen molar-refractivity contribution >= 4 is 0 Å². The molecule has 0 amide bonds. The number of fused-ring (bicyclic) bond motifs is 1. The first-order chi connectivity index (χ1) is 7.84. The normalized spacial score (nSPS) is 19.4. The molecule has 16 heavy (non-hydrogen) atoms.